The van der Waals surface area contributed by atoms with Gasteiger partial charge in [0, 0.05) is 17.9 Å². The number of benzene rings is 2. The third kappa shape index (κ3) is 2.78. The maximum absolute atomic E-state index is 13.5. The van der Waals surface area contributed by atoms with E-state index in [2.05, 4.69) is 6.58 Å². The van der Waals surface area contributed by atoms with Crippen molar-refractivity contribution in [2.45, 2.75) is 13.1 Å². The number of nitriles is 1. The van der Waals surface area contributed by atoms with Gasteiger partial charge in [-0.25, -0.2) is 0 Å². The average Bonchev–Trinajstić information content (AvgIpc) is 2.95. The second-order valence-electron chi connectivity index (χ2n) is 5.76. The Hall–Kier alpha value is -3.33. The smallest absolute Gasteiger partial charge is 0.279 e. The highest BCUT2D eigenvalue weighted by Crippen LogP contribution is 2.43. The summed E-state index contributed by atoms with van der Waals surface area (Å²) < 4.78 is 41.4. The predicted molar refractivity (Wildman–Crippen MR) is 93.5 cm³/mol. The lowest BCUT2D eigenvalue weighted by atomic mass is 9.98. The fourth-order valence-corrected chi connectivity index (χ4v) is 2.99. The highest BCUT2D eigenvalue weighted by atomic mass is 19.4. The molecule has 0 aliphatic heterocycles. The van der Waals surface area contributed by atoms with Gasteiger partial charge in [0.25, 0.3) is 0 Å². The molecule has 0 bridgehead atoms. The molecule has 0 saturated carbocycles. The van der Waals surface area contributed by atoms with Gasteiger partial charge in [-0.1, -0.05) is 36.9 Å². The van der Waals surface area contributed by atoms with Crippen molar-refractivity contribution >= 4 is 22.4 Å². The third-order valence-electron chi connectivity index (χ3n) is 4.12. The van der Waals surface area contributed by atoms with Crippen LogP contribution in [0.4, 0.5) is 13.2 Å². The standard InChI is InChI=1S/C20H13F3N2O/c1-12(20(21,22)23)19-18(15-9-7-14(11-24)8-10-15)16-5-3-4-6-17(16)25(19)13(2)26/h3-10H,1H2,2H3. The lowest BCUT2D eigenvalue weighted by molar-refractivity contribution is -0.0689. The van der Waals surface area contributed by atoms with Crippen LogP contribution in [0.3, 0.4) is 0 Å². The van der Waals surface area contributed by atoms with Crippen LogP contribution in [0.5, 0.6) is 0 Å². The minimum absolute atomic E-state index is 0.266. The first-order valence-corrected chi connectivity index (χ1v) is 7.67. The van der Waals surface area contributed by atoms with E-state index in [1.54, 1.807) is 36.4 Å². The minimum Gasteiger partial charge on any atom is -0.279 e. The Morgan fingerprint density at radius 2 is 1.73 bits per heavy atom. The van der Waals surface area contributed by atoms with E-state index in [1.165, 1.54) is 19.1 Å². The molecule has 0 amide bonds. The fraction of sp³-hybridized carbons (Fsp3) is 0.100. The fourth-order valence-electron chi connectivity index (χ4n) is 2.99. The van der Waals surface area contributed by atoms with E-state index in [0.717, 1.165) is 4.57 Å². The molecular weight excluding hydrogens is 341 g/mol. The number of rotatable bonds is 2. The Morgan fingerprint density at radius 3 is 2.27 bits per heavy atom. The molecule has 1 heterocycles. The number of fused-ring (bicyclic) bond motifs is 1. The van der Waals surface area contributed by atoms with Crippen LogP contribution in [0.2, 0.25) is 0 Å². The summed E-state index contributed by atoms with van der Waals surface area (Å²) >= 11 is 0. The molecule has 0 atom stereocenters. The van der Waals surface area contributed by atoms with Gasteiger partial charge in [0.15, 0.2) is 0 Å². The largest absolute Gasteiger partial charge is 0.417 e. The van der Waals surface area contributed by atoms with Crippen LogP contribution in [0.25, 0.3) is 27.6 Å². The van der Waals surface area contributed by atoms with Crippen molar-refractivity contribution in [1.29, 1.82) is 5.26 Å². The molecule has 130 valence electrons. The number of allylic oxidation sites excluding steroid dienone is 1. The number of carbonyl (C=O) groups excluding carboxylic acids is 1. The van der Waals surface area contributed by atoms with Crippen LogP contribution in [-0.4, -0.2) is 16.7 Å². The normalized spacial score (nSPS) is 11.3. The molecule has 26 heavy (non-hydrogen) atoms. The maximum Gasteiger partial charge on any atom is 0.417 e. The van der Waals surface area contributed by atoms with Crippen LogP contribution in [-0.2, 0) is 0 Å². The lowest BCUT2D eigenvalue weighted by Crippen LogP contribution is -2.17. The first-order valence-electron chi connectivity index (χ1n) is 7.67. The number of nitrogens with zero attached hydrogens (tertiary/aromatic N) is 2. The summed E-state index contributed by atoms with van der Waals surface area (Å²) in [6, 6.07) is 14.8. The highest BCUT2D eigenvalue weighted by molar-refractivity contribution is 6.07. The van der Waals surface area contributed by atoms with Crippen LogP contribution in [0.1, 0.15) is 23.0 Å². The zero-order chi connectivity index (χ0) is 19.1. The molecule has 3 rings (SSSR count). The lowest BCUT2D eigenvalue weighted by Gasteiger charge is -2.15. The SMILES string of the molecule is C=C(c1c(-c2ccc(C#N)cc2)c2ccccc2n1C(C)=O)C(F)(F)F. The molecule has 0 radical (unpaired) electrons. The third-order valence-corrected chi connectivity index (χ3v) is 4.12. The monoisotopic (exact) mass is 354 g/mol. The molecule has 0 spiro atoms. The van der Waals surface area contributed by atoms with E-state index in [9.17, 15) is 18.0 Å². The molecule has 3 aromatic rings. The van der Waals surface area contributed by atoms with Gasteiger partial charge in [-0.15, -0.1) is 0 Å². The van der Waals surface area contributed by atoms with Crippen molar-refractivity contribution in [3.8, 4) is 17.2 Å². The highest BCUT2D eigenvalue weighted by Gasteiger charge is 2.38. The average molecular weight is 354 g/mol. The number of hydrogen-bond donors (Lipinski definition) is 0. The summed E-state index contributed by atoms with van der Waals surface area (Å²) in [5.41, 5.74) is 0.127. The first-order chi connectivity index (χ1) is 12.3. The second kappa shape index (κ2) is 6.19. The Bertz CT molecular complexity index is 1070. The van der Waals surface area contributed by atoms with Crippen LogP contribution in [0, 0.1) is 11.3 Å². The molecule has 0 N–H and O–H groups in total. The maximum atomic E-state index is 13.5. The molecule has 6 heteroatoms. The molecule has 0 aliphatic carbocycles. The quantitative estimate of drug-likeness (QED) is 0.617. The van der Waals surface area contributed by atoms with Gasteiger partial charge < -0.3 is 0 Å². The molecular formula is C20H13F3N2O. The van der Waals surface area contributed by atoms with Gasteiger partial charge in [0.2, 0.25) is 5.91 Å². The van der Waals surface area contributed by atoms with Crippen molar-refractivity contribution < 1.29 is 18.0 Å². The van der Waals surface area contributed by atoms with Crippen molar-refractivity contribution in [2.75, 3.05) is 0 Å². The number of para-hydroxylation sites is 1. The van der Waals surface area contributed by atoms with E-state index in [4.69, 9.17) is 5.26 Å². The Balaban J connectivity index is 2.45. The number of aromatic nitrogens is 1. The Kier molecular flexibility index (Phi) is 4.17. The Labute approximate surface area is 147 Å². The van der Waals surface area contributed by atoms with Crippen molar-refractivity contribution in [1.82, 2.24) is 4.57 Å². The summed E-state index contributed by atoms with van der Waals surface area (Å²) in [5.74, 6) is -0.540. The molecule has 1 aromatic heterocycles. The summed E-state index contributed by atoms with van der Waals surface area (Å²) in [4.78, 5) is 12.2. The second-order valence-corrected chi connectivity index (χ2v) is 5.76. The summed E-state index contributed by atoms with van der Waals surface area (Å²) in [6.07, 6.45) is -4.69. The molecule has 0 unspecified atom stereocenters. The van der Waals surface area contributed by atoms with E-state index in [-0.39, 0.29) is 11.3 Å². The molecule has 0 saturated heterocycles. The number of halogens is 3. The van der Waals surface area contributed by atoms with Crippen LogP contribution >= 0.6 is 0 Å². The predicted octanol–water partition coefficient (Wildman–Crippen LogP) is 5.42. The van der Waals surface area contributed by atoms with Gasteiger partial charge >= 0.3 is 6.18 Å². The van der Waals surface area contributed by atoms with Gasteiger partial charge in [-0.05, 0) is 23.8 Å². The zero-order valence-corrected chi connectivity index (χ0v) is 13.8. The van der Waals surface area contributed by atoms with E-state index < -0.39 is 17.7 Å². The first kappa shape index (κ1) is 17.5. The van der Waals surface area contributed by atoms with E-state index in [0.29, 0.717) is 22.0 Å². The topological polar surface area (TPSA) is 45.8 Å². The van der Waals surface area contributed by atoms with E-state index in [1.807, 2.05) is 6.07 Å². The molecule has 0 aliphatic rings. The summed E-state index contributed by atoms with van der Waals surface area (Å²) in [6.45, 7) is 4.41. The zero-order valence-electron chi connectivity index (χ0n) is 13.8. The van der Waals surface area contributed by atoms with E-state index >= 15 is 0 Å². The number of hydrogen-bond acceptors (Lipinski definition) is 2. The van der Waals surface area contributed by atoms with Gasteiger partial charge in [0.1, 0.15) is 0 Å². The van der Waals surface area contributed by atoms with Crippen molar-refractivity contribution in [3.05, 3.63) is 66.4 Å². The summed E-state index contributed by atoms with van der Waals surface area (Å²) in [5, 5.41) is 9.44. The molecule has 0 fully saturated rings. The van der Waals surface area contributed by atoms with Crippen LogP contribution < -0.4 is 0 Å². The van der Waals surface area contributed by atoms with Crippen molar-refractivity contribution in [2.24, 2.45) is 0 Å². The summed E-state index contributed by atoms with van der Waals surface area (Å²) in [7, 11) is 0. The Morgan fingerprint density at radius 1 is 1.12 bits per heavy atom. The van der Waals surface area contributed by atoms with Crippen molar-refractivity contribution in [3.63, 3.8) is 0 Å². The minimum atomic E-state index is -4.69. The van der Waals surface area contributed by atoms with Gasteiger partial charge in [0.05, 0.1) is 28.4 Å². The van der Waals surface area contributed by atoms with Crippen LogP contribution in [0.15, 0.2) is 55.1 Å². The van der Waals surface area contributed by atoms with Gasteiger partial charge in [-0.2, -0.15) is 18.4 Å². The number of carbonyl (C=O) groups is 1. The molecule has 2 aromatic carbocycles. The van der Waals surface area contributed by atoms with Gasteiger partial charge in [-0.3, -0.25) is 9.36 Å². The molecule has 3 nitrogen and oxygen atoms in total. The number of alkyl halides is 3.